The summed E-state index contributed by atoms with van der Waals surface area (Å²) in [5, 5.41) is 9.34. The first-order chi connectivity index (χ1) is 9.49. The molecule has 2 nitrogen and oxygen atoms in total. The standard InChI is InChI=1S/C15H13BrF2O2/c1-9(19)12-6-5-11(7-14(12)18)20-8-10-3-2-4-13(17)15(10)16/h2-7,9,19H,8H2,1H3. The maximum Gasteiger partial charge on any atom is 0.137 e. The van der Waals surface area contributed by atoms with Crippen LogP contribution in [0.2, 0.25) is 0 Å². The molecule has 1 unspecified atom stereocenters. The first kappa shape index (κ1) is 14.9. The summed E-state index contributed by atoms with van der Waals surface area (Å²) in [6.45, 7) is 1.61. The smallest absolute Gasteiger partial charge is 0.137 e. The number of ether oxygens (including phenoxy) is 1. The summed E-state index contributed by atoms with van der Waals surface area (Å²) in [4.78, 5) is 0. The lowest BCUT2D eigenvalue weighted by molar-refractivity contribution is 0.194. The summed E-state index contributed by atoms with van der Waals surface area (Å²) in [5.41, 5.74) is 0.842. The monoisotopic (exact) mass is 342 g/mol. The molecule has 0 amide bonds. The molecule has 106 valence electrons. The van der Waals surface area contributed by atoms with Crippen molar-refractivity contribution in [3.05, 3.63) is 63.6 Å². The first-order valence-electron chi connectivity index (χ1n) is 6.02. The summed E-state index contributed by atoms with van der Waals surface area (Å²) in [6.07, 6.45) is -0.874. The highest BCUT2D eigenvalue weighted by Crippen LogP contribution is 2.25. The molecule has 1 atom stereocenters. The Morgan fingerprint density at radius 2 is 1.95 bits per heavy atom. The van der Waals surface area contributed by atoms with Gasteiger partial charge in [-0.05, 0) is 41.1 Å². The van der Waals surface area contributed by atoms with Crippen molar-refractivity contribution in [1.29, 1.82) is 0 Å². The van der Waals surface area contributed by atoms with Crippen LogP contribution in [0.15, 0.2) is 40.9 Å². The van der Waals surface area contributed by atoms with Crippen molar-refractivity contribution >= 4 is 15.9 Å². The van der Waals surface area contributed by atoms with Crippen LogP contribution < -0.4 is 4.74 Å². The molecular formula is C15H13BrF2O2. The maximum absolute atomic E-state index is 13.7. The highest BCUT2D eigenvalue weighted by molar-refractivity contribution is 9.10. The van der Waals surface area contributed by atoms with Gasteiger partial charge in [0.1, 0.15) is 24.0 Å². The topological polar surface area (TPSA) is 29.5 Å². The lowest BCUT2D eigenvalue weighted by Crippen LogP contribution is -2.00. The third-order valence-electron chi connectivity index (χ3n) is 2.85. The van der Waals surface area contributed by atoms with Crippen LogP contribution in [0.25, 0.3) is 0 Å². The molecule has 0 fully saturated rings. The van der Waals surface area contributed by atoms with Crippen LogP contribution in [0.1, 0.15) is 24.2 Å². The molecule has 0 spiro atoms. The predicted octanol–water partition coefficient (Wildman–Crippen LogP) is 4.36. The molecule has 0 radical (unpaired) electrons. The molecule has 5 heteroatoms. The minimum Gasteiger partial charge on any atom is -0.489 e. The van der Waals surface area contributed by atoms with Crippen molar-refractivity contribution in [2.24, 2.45) is 0 Å². The average molecular weight is 343 g/mol. The number of aliphatic hydroxyl groups is 1. The van der Waals surface area contributed by atoms with Crippen molar-refractivity contribution in [1.82, 2.24) is 0 Å². The minimum absolute atomic E-state index is 0.117. The molecule has 2 rings (SSSR count). The Labute approximate surface area is 124 Å². The minimum atomic E-state index is -0.874. The summed E-state index contributed by atoms with van der Waals surface area (Å²) in [5.74, 6) is -0.583. The van der Waals surface area contributed by atoms with Gasteiger partial charge in [0, 0.05) is 17.2 Å². The number of rotatable bonds is 4. The molecule has 0 aromatic heterocycles. The molecule has 0 saturated carbocycles. The van der Waals surface area contributed by atoms with Gasteiger partial charge in [-0.25, -0.2) is 8.78 Å². The largest absolute Gasteiger partial charge is 0.489 e. The van der Waals surface area contributed by atoms with E-state index in [4.69, 9.17) is 4.74 Å². The second kappa shape index (κ2) is 6.33. The van der Waals surface area contributed by atoms with Crippen LogP contribution in [0.5, 0.6) is 5.75 Å². The fraction of sp³-hybridized carbons (Fsp3) is 0.200. The Morgan fingerprint density at radius 1 is 1.20 bits per heavy atom. The van der Waals surface area contributed by atoms with E-state index < -0.39 is 11.9 Å². The van der Waals surface area contributed by atoms with E-state index in [1.165, 1.54) is 25.1 Å². The molecule has 1 N–H and O–H groups in total. The van der Waals surface area contributed by atoms with E-state index in [2.05, 4.69) is 15.9 Å². The van der Waals surface area contributed by atoms with Gasteiger partial charge in [-0.2, -0.15) is 0 Å². The van der Waals surface area contributed by atoms with Crippen LogP contribution in [0, 0.1) is 11.6 Å². The van der Waals surface area contributed by atoms with E-state index in [1.807, 2.05) is 0 Å². The van der Waals surface area contributed by atoms with Crippen LogP contribution in [0.3, 0.4) is 0 Å². The van der Waals surface area contributed by atoms with Gasteiger partial charge in [-0.1, -0.05) is 12.1 Å². The first-order valence-corrected chi connectivity index (χ1v) is 6.81. The van der Waals surface area contributed by atoms with Crippen molar-refractivity contribution in [2.45, 2.75) is 19.6 Å². The van der Waals surface area contributed by atoms with Crippen LogP contribution in [0.4, 0.5) is 8.78 Å². The summed E-state index contributed by atoms with van der Waals surface area (Å²) in [6, 6.07) is 8.87. The van der Waals surface area contributed by atoms with Gasteiger partial charge in [0.05, 0.1) is 10.6 Å². The molecule has 0 aliphatic rings. The third kappa shape index (κ3) is 3.35. The van der Waals surface area contributed by atoms with Gasteiger partial charge in [0.15, 0.2) is 0 Å². The van der Waals surface area contributed by atoms with Gasteiger partial charge in [0.2, 0.25) is 0 Å². The quantitative estimate of drug-likeness (QED) is 0.894. The van der Waals surface area contributed by atoms with Crippen LogP contribution in [-0.2, 0) is 6.61 Å². The number of hydrogen-bond donors (Lipinski definition) is 1. The number of hydrogen-bond acceptors (Lipinski definition) is 2. The zero-order chi connectivity index (χ0) is 14.7. The van der Waals surface area contributed by atoms with Crippen molar-refractivity contribution in [3.8, 4) is 5.75 Å². The Bertz CT molecular complexity index is 615. The van der Waals surface area contributed by atoms with Gasteiger partial charge in [-0.3, -0.25) is 0 Å². The van der Waals surface area contributed by atoms with Crippen molar-refractivity contribution in [3.63, 3.8) is 0 Å². The van der Waals surface area contributed by atoms with E-state index in [-0.39, 0.29) is 18.0 Å². The number of aliphatic hydroxyl groups excluding tert-OH is 1. The van der Waals surface area contributed by atoms with Gasteiger partial charge in [0.25, 0.3) is 0 Å². The van der Waals surface area contributed by atoms with Gasteiger partial charge < -0.3 is 9.84 Å². The third-order valence-corrected chi connectivity index (χ3v) is 3.74. The Kier molecular flexibility index (Phi) is 4.73. The summed E-state index contributed by atoms with van der Waals surface area (Å²) >= 11 is 3.14. The average Bonchev–Trinajstić information content (AvgIpc) is 2.40. The lowest BCUT2D eigenvalue weighted by atomic mass is 10.1. The molecule has 0 aliphatic carbocycles. The zero-order valence-corrected chi connectivity index (χ0v) is 12.3. The molecule has 20 heavy (non-hydrogen) atoms. The van der Waals surface area contributed by atoms with E-state index in [0.29, 0.717) is 15.8 Å². The Morgan fingerprint density at radius 3 is 2.60 bits per heavy atom. The van der Waals surface area contributed by atoms with Gasteiger partial charge >= 0.3 is 0 Å². The molecule has 2 aromatic rings. The van der Waals surface area contributed by atoms with Crippen LogP contribution in [-0.4, -0.2) is 5.11 Å². The van der Waals surface area contributed by atoms with Crippen molar-refractivity contribution < 1.29 is 18.6 Å². The highest BCUT2D eigenvalue weighted by atomic mass is 79.9. The molecule has 0 bridgehead atoms. The Hall–Kier alpha value is -1.46. The Balaban J connectivity index is 2.11. The summed E-state index contributed by atoms with van der Waals surface area (Å²) in [7, 11) is 0. The normalized spacial score (nSPS) is 12.2. The molecule has 2 aromatic carbocycles. The summed E-state index contributed by atoms with van der Waals surface area (Å²) < 4.78 is 32.7. The molecule has 0 aliphatic heterocycles. The highest BCUT2D eigenvalue weighted by Gasteiger charge is 2.10. The second-order valence-electron chi connectivity index (χ2n) is 4.36. The van der Waals surface area contributed by atoms with E-state index in [0.717, 1.165) is 0 Å². The van der Waals surface area contributed by atoms with E-state index in [9.17, 15) is 13.9 Å². The predicted molar refractivity (Wildman–Crippen MR) is 75.5 cm³/mol. The second-order valence-corrected chi connectivity index (χ2v) is 5.15. The molecule has 0 heterocycles. The van der Waals surface area contributed by atoms with E-state index >= 15 is 0 Å². The molecular weight excluding hydrogens is 330 g/mol. The van der Waals surface area contributed by atoms with E-state index in [1.54, 1.807) is 18.2 Å². The van der Waals surface area contributed by atoms with Crippen LogP contribution >= 0.6 is 15.9 Å². The number of benzene rings is 2. The zero-order valence-electron chi connectivity index (χ0n) is 10.7. The maximum atomic E-state index is 13.7. The molecule has 0 saturated heterocycles. The SMILES string of the molecule is CC(O)c1ccc(OCc2cccc(F)c2Br)cc1F. The fourth-order valence-electron chi connectivity index (χ4n) is 1.76. The van der Waals surface area contributed by atoms with Gasteiger partial charge in [-0.15, -0.1) is 0 Å². The fourth-order valence-corrected chi connectivity index (χ4v) is 2.14. The van der Waals surface area contributed by atoms with Crippen molar-refractivity contribution in [2.75, 3.05) is 0 Å². The lowest BCUT2D eigenvalue weighted by Gasteiger charge is -2.11. The number of halogens is 3.